The van der Waals surface area contributed by atoms with Gasteiger partial charge in [0.15, 0.2) is 0 Å². The fourth-order valence-corrected chi connectivity index (χ4v) is 0.981. The van der Waals surface area contributed by atoms with Crippen molar-refractivity contribution >= 4 is 17.3 Å². The zero-order chi connectivity index (χ0) is 11.3. The van der Waals surface area contributed by atoms with E-state index in [1.165, 1.54) is 12.1 Å². The molecule has 4 N–H and O–H groups in total. The van der Waals surface area contributed by atoms with Crippen molar-refractivity contribution in [1.29, 1.82) is 0 Å². The summed E-state index contributed by atoms with van der Waals surface area (Å²) in [6.45, 7) is 1.94. The highest BCUT2D eigenvalue weighted by atomic mass is 16.5. The Morgan fingerprint density at radius 2 is 2.13 bits per heavy atom. The quantitative estimate of drug-likeness (QED) is 0.341. The van der Waals surface area contributed by atoms with Crippen molar-refractivity contribution in [3.05, 3.63) is 30.4 Å². The molecule has 0 spiro atoms. The Bertz CT molecular complexity index is 386. The number of nitrogens with two attached hydrogens (primary N) is 2. The molecule has 0 heterocycles. The van der Waals surface area contributed by atoms with E-state index < -0.39 is 5.97 Å². The van der Waals surface area contributed by atoms with Crippen LogP contribution in [0.5, 0.6) is 5.75 Å². The molecule has 0 saturated carbocycles. The van der Waals surface area contributed by atoms with Crippen LogP contribution in [0.1, 0.15) is 13.3 Å². The van der Waals surface area contributed by atoms with Crippen LogP contribution in [-0.2, 0) is 4.79 Å². The van der Waals surface area contributed by atoms with Crippen LogP contribution in [0.15, 0.2) is 30.4 Å². The average molecular weight is 206 g/mol. The van der Waals surface area contributed by atoms with Crippen molar-refractivity contribution in [2.75, 3.05) is 11.5 Å². The summed E-state index contributed by atoms with van der Waals surface area (Å²) >= 11 is 0. The lowest BCUT2D eigenvalue weighted by atomic mass is 10.2. The van der Waals surface area contributed by atoms with Gasteiger partial charge in [0.05, 0.1) is 11.4 Å². The number of ether oxygens (including phenoxy) is 1. The number of hydrogen-bond donors (Lipinski definition) is 2. The van der Waals surface area contributed by atoms with Gasteiger partial charge in [0.1, 0.15) is 5.75 Å². The second-order valence-electron chi connectivity index (χ2n) is 3.02. The van der Waals surface area contributed by atoms with Gasteiger partial charge in [0.25, 0.3) is 0 Å². The summed E-state index contributed by atoms with van der Waals surface area (Å²) in [5.41, 5.74) is 12.0. The summed E-state index contributed by atoms with van der Waals surface area (Å²) in [4.78, 5) is 11.2. The third-order valence-corrected chi connectivity index (χ3v) is 1.77. The Kier molecular flexibility index (Phi) is 3.74. The van der Waals surface area contributed by atoms with Gasteiger partial charge < -0.3 is 16.2 Å². The highest BCUT2D eigenvalue weighted by molar-refractivity contribution is 5.84. The minimum absolute atomic E-state index is 0.396. The van der Waals surface area contributed by atoms with Crippen LogP contribution in [0.4, 0.5) is 11.4 Å². The van der Waals surface area contributed by atoms with Crippen molar-refractivity contribution in [3.8, 4) is 5.75 Å². The molecule has 0 saturated heterocycles. The van der Waals surface area contributed by atoms with Gasteiger partial charge >= 0.3 is 5.97 Å². The molecule has 4 nitrogen and oxygen atoms in total. The molecular weight excluding hydrogens is 192 g/mol. The number of hydrogen-bond acceptors (Lipinski definition) is 4. The molecule has 1 aromatic rings. The highest BCUT2D eigenvalue weighted by Gasteiger charge is 2.02. The lowest BCUT2D eigenvalue weighted by Gasteiger charge is -2.04. The Morgan fingerprint density at radius 1 is 1.40 bits per heavy atom. The second-order valence-corrected chi connectivity index (χ2v) is 3.02. The molecule has 1 rings (SSSR count). The summed E-state index contributed by atoms with van der Waals surface area (Å²) in [5, 5.41) is 0. The topological polar surface area (TPSA) is 78.3 Å². The Labute approximate surface area is 88.5 Å². The molecule has 1 aromatic carbocycles. The normalized spacial score (nSPS) is 10.5. The molecule has 4 heteroatoms. The van der Waals surface area contributed by atoms with Crippen LogP contribution in [-0.4, -0.2) is 5.97 Å². The molecule has 0 atom stereocenters. The van der Waals surface area contributed by atoms with Crippen molar-refractivity contribution < 1.29 is 9.53 Å². The minimum atomic E-state index is -0.416. The number of benzene rings is 1. The first-order valence-electron chi connectivity index (χ1n) is 4.67. The maximum absolute atomic E-state index is 11.2. The summed E-state index contributed by atoms with van der Waals surface area (Å²) in [6.07, 6.45) is 3.90. The predicted octanol–water partition coefficient (Wildman–Crippen LogP) is 1.72. The van der Waals surface area contributed by atoms with Gasteiger partial charge in [-0.25, -0.2) is 4.79 Å². The summed E-state index contributed by atoms with van der Waals surface area (Å²) in [7, 11) is 0. The third-order valence-electron chi connectivity index (χ3n) is 1.77. The fraction of sp³-hybridized carbons (Fsp3) is 0.182. The third kappa shape index (κ3) is 3.34. The molecule has 0 radical (unpaired) electrons. The van der Waals surface area contributed by atoms with E-state index in [2.05, 4.69) is 0 Å². The number of esters is 1. The molecule has 0 unspecified atom stereocenters. The second kappa shape index (κ2) is 5.05. The van der Waals surface area contributed by atoms with Crippen LogP contribution in [0.2, 0.25) is 0 Å². The van der Waals surface area contributed by atoms with Crippen molar-refractivity contribution in [2.45, 2.75) is 13.3 Å². The summed E-state index contributed by atoms with van der Waals surface area (Å²) in [5.74, 6) is -0.0199. The fourth-order valence-electron chi connectivity index (χ4n) is 0.981. The van der Waals surface area contributed by atoms with Gasteiger partial charge in [0, 0.05) is 12.1 Å². The zero-order valence-electron chi connectivity index (χ0n) is 8.57. The largest absolute Gasteiger partial charge is 0.423 e. The van der Waals surface area contributed by atoms with Gasteiger partial charge in [-0.3, -0.25) is 0 Å². The lowest BCUT2D eigenvalue weighted by Crippen LogP contribution is -2.04. The molecule has 0 amide bonds. The zero-order valence-corrected chi connectivity index (χ0v) is 8.57. The van der Waals surface area contributed by atoms with E-state index in [4.69, 9.17) is 16.2 Å². The van der Waals surface area contributed by atoms with Crippen LogP contribution in [0.25, 0.3) is 0 Å². The van der Waals surface area contributed by atoms with Gasteiger partial charge in [-0.15, -0.1) is 0 Å². The van der Waals surface area contributed by atoms with E-state index in [1.807, 2.05) is 6.92 Å². The lowest BCUT2D eigenvalue weighted by molar-refractivity contribution is -0.129. The molecular formula is C11H14N2O2. The van der Waals surface area contributed by atoms with E-state index in [1.54, 1.807) is 18.2 Å². The number of nitrogen functional groups attached to an aromatic ring is 2. The standard InChI is InChI=1S/C11H14N2O2/c1-2-3-4-11(14)15-8-5-6-9(12)10(13)7-8/h3-7H,2,12-13H2,1H3. The number of carbonyl (C=O) groups excluding carboxylic acids is 1. The first-order chi connectivity index (χ1) is 7.13. The minimum Gasteiger partial charge on any atom is -0.423 e. The number of allylic oxidation sites excluding steroid dienone is 1. The van der Waals surface area contributed by atoms with Crippen molar-refractivity contribution in [3.63, 3.8) is 0 Å². The molecule has 80 valence electrons. The average Bonchev–Trinajstić information content (AvgIpc) is 2.20. The summed E-state index contributed by atoms with van der Waals surface area (Å²) in [6, 6.07) is 4.72. The monoisotopic (exact) mass is 206 g/mol. The van der Waals surface area contributed by atoms with Crippen LogP contribution in [0.3, 0.4) is 0 Å². The van der Waals surface area contributed by atoms with Gasteiger partial charge in [-0.2, -0.15) is 0 Å². The first-order valence-corrected chi connectivity index (χ1v) is 4.67. The maximum atomic E-state index is 11.2. The Morgan fingerprint density at radius 3 is 2.73 bits per heavy atom. The van der Waals surface area contributed by atoms with E-state index >= 15 is 0 Å². The Hall–Kier alpha value is -1.97. The SMILES string of the molecule is CCC=CC(=O)Oc1ccc(N)c(N)c1. The van der Waals surface area contributed by atoms with Crippen LogP contribution < -0.4 is 16.2 Å². The molecule has 0 aromatic heterocycles. The molecule has 0 aliphatic carbocycles. The molecule has 0 aliphatic rings. The molecule has 0 aliphatic heterocycles. The van der Waals surface area contributed by atoms with E-state index in [-0.39, 0.29) is 0 Å². The van der Waals surface area contributed by atoms with Gasteiger partial charge in [0.2, 0.25) is 0 Å². The van der Waals surface area contributed by atoms with E-state index in [0.717, 1.165) is 6.42 Å². The van der Waals surface area contributed by atoms with Gasteiger partial charge in [-0.05, 0) is 18.6 Å². The van der Waals surface area contributed by atoms with Crippen molar-refractivity contribution in [1.82, 2.24) is 0 Å². The van der Waals surface area contributed by atoms with Crippen LogP contribution in [0, 0.1) is 0 Å². The smallest absolute Gasteiger partial charge is 0.335 e. The molecule has 15 heavy (non-hydrogen) atoms. The highest BCUT2D eigenvalue weighted by Crippen LogP contribution is 2.21. The number of anilines is 2. The first kappa shape index (κ1) is 11.1. The van der Waals surface area contributed by atoms with E-state index in [0.29, 0.717) is 17.1 Å². The predicted molar refractivity (Wildman–Crippen MR) is 60.3 cm³/mol. The molecule has 0 bridgehead atoms. The van der Waals surface area contributed by atoms with Gasteiger partial charge in [-0.1, -0.05) is 13.0 Å². The number of carbonyl (C=O) groups is 1. The number of rotatable bonds is 3. The van der Waals surface area contributed by atoms with E-state index in [9.17, 15) is 4.79 Å². The Balaban J connectivity index is 2.69. The summed E-state index contributed by atoms with van der Waals surface area (Å²) < 4.78 is 4.99. The van der Waals surface area contributed by atoms with Crippen LogP contribution >= 0.6 is 0 Å². The maximum Gasteiger partial charge on any atom is 0.335 e. The van der Waals surface area contributed by atoms with Crippen molar-refractivity contribution in [2.24, 2.45) is 0 Å². The molecule has 0 fully saturated rings.